The summed E-state index contributed by atoms with van der Waals surface area (Å²) in [6.07, 6.45) is 4.87. The fourth-order valence-electron chi connectivity index (χ4n) is 4.92. The van der Waals surface area contributed by atoms with E-state index in [9.17, 15) is 9.59 Å². The molecular formula is C20H28ClN3O3. The molecule has 2 fully saturated rings. The van der Waals surface area contributed by atoms with Gasteiger partial charge < -0.3 is 15.8 Å². The predicted octanol–water partition coefficient (Wildman–Crippen LogP) is 2.24. The summed E-state index contributed by atoms with van der Waals surface area (Å²) in [5, 5.41) is 3.23. The largest absolute Gasteiger partial charge is 0.479 e. The monoisotopic (exact) mass is 393 g/mol. The molecule has 3 unspecified atom stereocenters. The van der Waals surface area contributed by atoms with Crippen LogP contribution in [0.3, 0.4) is 0 Å². The summed E-state index contributed by atoms with van der Waals surface area (Å²) in [7, 11) is 0. The van der Waals surface area contributed by atoms with Gasteiger partial charge >= 0.3 is 0 Å². The fourth-order valence-corrected chi connectivity index (χ4v) is 4.92. The van der Waals surface area contributed by atoms with Gasteiger partial charge in [0.1, 0.15) is 12.3 Å². The van der Waals surface area contributed by atoms with Gasteiger partial charge in [-0.1, -0.05) is 18.6 Å². The molecule has 2 aliphatic carbocycles. The first kappa shape index (κ1) is 20.0. The Balaban J connectivity index is 0.00000210. The molecule has 0 aromatic heterocycles. The second kappa shape index (κ2) is 8.07. The first-order valence-electron chi connectivity index (χ1n) is 9.65. The quantitative estimate of drug-likeness (QED) is 0.824. The van der Waals surface area contributed by atoms with Gasteiger partial charge in [0.25, 0.3) is 5.91 Å². The first-order valence-corrected chi connectivity index (χ1v) is 9.65. The summed E-state index contributed by atoms with van der Waals surface area (Å²) in [5.41, 5.74) is 6.84. The Bertz CT molecular complexity index is 699. The molecule has 2 amide bonds. The summed E-state index contributed by atoms with van der Waals surface area (Å²) in [4.78, 5) is 26.9. The van der Waals surface area contributed by atoms with Crippen molar-refractivity contribution < 1.29 is 14.3 Å². The van der Waals surface area contributed by atoms with Crippen LogP contribution in [0.2, 0.25) is 0 Å². The van der Waals surface area contributed by atoms with E-state index in [2.05, 4.69) is 5.32 Å². The molecule has 148 valence electrons. The average molecular weight is 394 g/mol. The molecule has 1 aromatic rings. The minimum atomic E-state index is -0.579. The van der Waals surface area contributed by atoms with E-state index in [0.717, 1.165) is 25.7 Å². The number of anilines is 1. The van der Waals surface area contributed by atoms with Crippen LogP contribution in [0, 0.1) is 11.8 Å². The van der Waals surface area contributed by atoms with Crippen LogP contribution in [-0.4, -0.2) is 36.5 Å². The van der Waals surface area contributed by atoms with Gasteiger partial charge in [-0.3, -0.25) is 14.5 Å². The van der Waals surface area contributed by atoms with Crippen LogP contribution in [0.4, 0.5) is 5.69 Å². The summed E-state index contributed by atoms with van der Waals surface area (Å²) in [6.45, 7) is 1.75. The van der Waals surface area contributed by atoms with Crippen molar-refractivity contribution in [1.82, 2.24) is 5.32 Å². The molecule has 2 bridgehead atoms. The molecule has 6 nitrogen and oxygen atoms in total. The zero-order valence-electron chi connectivity index (χ0n) is 15.6. The Labute approximate surface area is 166 Å². The van der Waals surface area contributed by atoms with Crippen LogP contribution in [0.1, 0.15) is 39.0 Å². The molecular weight excluding hydrogens is 366 g/mol. The van der Waals surface area contributed by atoms with Crippen molar-refractivity contribution in [3.05, 3.63) is 24.3 Å². The van der Waals surface area contributed by atoms with Gasteiger partial charge in [0.2, 0.25) is 5.91 Å². The molecule has 0 spiro atoms. The lowest BCUT2D eigenvalue weighted by atomic mass is 9.67. The van der Waals surface area contributed by atoms with Crippen molar-refractivity contribution in [3.63, 3.8) is 0 Å². The second-order valence-corrected chi connectivity index (χ2v) is 7.93. The Hall–Kier alpha value is -1.79. The standard InChI is InChI=1S/C20H27N3O3.ClH/c1-12-20(25)23(16-7-2-3-8-17(16)26-12)11-18(24)22-19-13-5-4-6-14(19)10-15(21)9-13;/h2-3,7-8,12-15,19H,4-6,9-11,21H2,1H3,(H,22,24);1H. The molecule has 4 rings (SSSR count). The number of hydrogen-bond donors (Lipinski definition) is 2. The van der Waals surface area contributed by atoms with E-state index in [0.29, 0.717) is 23.3 Å². The Morgan fingerprint density at radius 2 is 1.93 bits per heavy atom. The number of para-hydroxylation sites is 2. The topological polar surface area (TPSA) is 84.7 Å². The highest BCUT2D eigenvalue weighted by atomic mass is 35.5. The maximum Gasteiger partial charge on any atom is 0.268 e. The highest BCUT2D eigenvalue weighted by molar-refractivity contribution is 6.03. The van der Waals surface area contributed by atoms with Gasteiger partial charge in [-0.05, 0) is 56.6 Å². The molecule has 3 atom stereocenters. The zero-order chi connectivity index (χ0) is 18.3. The number of halogens is 1. The van der Waals surface area contributed by atoms with E-state index in [1.807, 2.05) is 24.3 Å². The smallest absolute Gasteiger partial charge is 0.268 e. The molecule has 2 saturated carbocycles. The van der Waals surface area contributed by atoms with Crippen molar-refractivity contribution in [2.75, 3.05) is 11.4 Å². The minimum Gasteiger partial charge on any atom is -0.479 e. The maximum atomic E-state index is 12.8. The summed E-state index contributed by atoms with van der Waals surface area (Å²) in [6, 6.07) is 7.82. The van der Waals surface area contributed by atoms with E-state index in [1.54, 1.807) is 11.8 Å². The maximum absolute atomic E-state index is 12.8. The highest BCUT2D eigenvalue weighted by Crippen LogP contribution is 2.40. The number of fused-ring (bicyclic) bond motifs is 3. The number of ether oxygens (including phenoxy) is 1. The summed E-state index contributed by atoms with van der Waals surface area (Å²) in [5.74, 6) is 1.30. The lowest BCUT2D eigenvalue weighted by molar-refractivity contribution is -0.129. The third kappa shape index (κ3) is 3.92. The lowest BCUT2D eigenvalue weighted by Gasteiger charge is -2.45. The minimum absolute atomic E-state index is 0. The van der Waals surface area contributed by atoms with Gasteiger partial charge in [-0.15, -0.1) is 12.4 Å². The number of hydrogen-bond acceptors (Lipinski definition) is 4. The van der Waals surface area contributed by atoms with E-state index in [-0.39, 0.29) is 42.8 Å². The van der Waals surface area contributed by atoms with Gasteiger partial charge in [-0.2, -0.15) is 0 Å². The molecule has 3 N–H and O–H groups in total. The third-order valence-electron chi connectivity index (χ3n) is 6.08. The molecule has 0 saturated heterocycles. The Kier molecular flexibility index (Phi) is 5.96. The van der Waals surface area contributed by atoms with Crippen LogP contribution < -0.4 is 20.7 Å². The van der Waals surface area contributed by atoms with Crippen LogP contribution in [0.25, 0.3) is 0 Å². The number of nitrogens with one attached hydrogen (secondary N) is 1. The van der Waals surface area contributed by atoms with Crippen LogP contribution in [0.5, 0.6) is 5.75 Å². The number of benzene rings is 1. The fraction of sp³-hybridized carbons (Fsp3) is 0.600. The highest BCUT2D eigenvalue weighted by Gasteiger charge is 2.40. The van der Waals surface area contributed by atoms with Crippen molar-refractivity contribution in [3.8, 4) is 5.75 Å². The summed E-state index contributed by atoms with van der Waals surface area (Å²) >= 11 is 0. The molecule has 1 aliphatic heterocycles. The Morgan fingerprint density at radius 3 is 2.63 bits per heavy atom. The van der Waals surface area contributed by atoms with Crippen LogP contribution >= 0.6 is 12.4 Å². The van der Waals surface area contributed by atoms with E-state index >= 15 is 0 Å². The molecule has 0 radical (unpaired) electrons. The van der Waals surface area contributed by atoms with E-state index < -0.39 is 6.10 Å². The second-order valence-electron chi connectivity index (χ2n) is 7.93. The molecule has 3 aliphatic rings. The SMILES string of the molecule is CC1Oc2ccccc2N(CC(=O)NC2C3CCCC2CC(N)C3)C1=O.Cl. The summed E-state index contributed by atoms with van der Waals surface area (Å²) < 4.78 is 5.64. The number of nitrogens with zero attached hydrogens (tertiary/aromatic N) is 1. The van der Waals surface area contributed by atoms with Gasteiger partial charge in [-0.25, -0.2) is 0 Å². The normalized spacial score (nSPS) is 32.0. The Morgan fingerprint density at radius 1 is 1.26 bits per heavy atom. The predicted molar refractivity (Wildman–Crippen MR) is 106 cm³/mol. The number of nitrogens with two attached hydrogens (primary N) is 1. The van der Waals surface area contributed by atoms with Crippen molar-refractivity contribution in [2.45, 2.75) is 57.2 Å². The third-order valence-corrected chi connectivity index (χ3v) is 6.08. The van der Waals surface area contributed by atoms with Crippen LogP contribution in [-0.2, 0) is 9.59 Å². The van der Waals surface area contributed by atoms with Crippen molar-refractivity contribution >= 4 is 29.9 Å². The van der Waals surface area contributed by atoms with Crippen molar-refractivity contribution in [1.29, 1.82) is 0 Å². The van der Waals surface area contributed by atoms with E-state index in [4.69, 9.17) is 10.5 Å². The number of rotatable bonds is 3. The number of carbonyl (C=O) groups excluding carboxylic acids is 2. The number of carbonyl (C=O) groups is 2. The van der Waals surface area contributed by atoms with Crippen LogP contribution in [0.15, 0.2) is 24.3 Å². The van der Waals surface area contributed by atoms with Gasteiger partial charge in [0, 0.05) is 12.1 Å². The van der Waals surface area contributed by atoms with Gasteiger partial charge in [0.15, 0.2) is 6.10 Å². The first-order chi connectivity index (χ1) is 12.5. The van der Waals surface area contributed by atoms with E-state index in [1.165, 1.54) is 6.42 Å². The lowest BCUT2D eigenvalue weighted by Crippen LogP contribution is -2.56. The van der Waals surface area contributed by atoms with Crippen molar-refractivity contribution in [2.24, 2.45) is 17.6 Å². The molecule has 7 heteroatoms. The number of amides is 2. The molecule has 1 heterocycles. The molecule has 1 aromatic carbocycles. The van der Waals surface area contributed by atoms with Gasteiger partial charge in [0.05, 0.1) is 5.69 Å². The average Bonchev–Trinajstić information content (AvgIpc) is 2.60. The molecule has 27 heavy (non-hydrogen) atoms. The zero-order valence-corrected chi connectivity index (χ0v) is 16.4.